The Morgan fingerprint density at radius 2 is 1.75 bits per heavy atom. The number of fused-ring (bicyclic) bond motifs is 1. The lowest BCUT2D eigenvalue weighted by atomic mass is 10.1. The Kier molecular flexibility index (Phi) is 4.90. The Labute approximate surface area is 165 Å². The summed E-state index contributed by atoms with van der Waals surface area (Å²) in [6, 6.07) is 22.1. The van der Waals surface area contributed by atoms with Crippen LogP contribution in [-0.2, 0) is 0 Å². The zero-order chi connectivity index (χ0) is 19.5. The molecule has 0 aliphatic carbocycles. The number of aromatic nitrogens is 2. The van der Waals surface area contributed by atoms with E-state index in [9.17, 15) is 10.1 Å². The molecule has 0 fully saturated rings. The van der Waals surface area contributed by atoms with Crippen molar-refractivity contribution in [2.24, 2.45) is 0 Å². The van der Waals surface area contributed by atoms with Gasteiger partial charge in [0, 0.05) is 33.7 Å². The first kappa shape index (κ1) is 17.9. The van der Waals surface area contributed by atoms with Gasteiger partial charge in [0.1, 0.15) is 5.82 Å². The number of nitro benzene ring substituents is 1. The van der Waals surface area contributed by atoms with E-state index in [1.165, 1.54) is 17.0 Å². The summed E-state index contributed by atoms with van der Waals surface area (Å²) in [5, 5.41) is 15.3. The minimum atomic E-state index is -0.420. The normalized spacial score (nSPS) is 10.8. The van der Waals surface area contributed by atoms with E-state index in [0.29, 0.717) is 17.2 Å². The van der Waals surface area contributed by atoms with Crippen LogP contribution >= 0.6 is 11.8 Å². The molecule has 7 heteroatoms. The quantitative estimate of drug-likeness (QED) is 0.269. The molecule has 0 spiro atoms. The van der Waals surface area contributed by atoms with Crippen LogP contribution in [0.5, 0.6) is 0 Å². The van der Waals surface area contributed by atoms with E-state index in [2.05, 4.69) is 15.3 Å². The second-order valence-electron chi connectivity index (χ2n) is 6.07. The topological polar surface area (TPSA) is 81.0 Å². The number of hydrogen-bond acceptors (Lipinski definition) is 6. The van der Waals surface area contributed by atoms with Crippen LogP contribution in [0.15, 0.2) is 77.7 Å². The van der Waals surface area contributed by atoms with Crippen LogP contribution in [0.25, 0.3) is 22.3 Å². The number of nitro groups is 1. The van der Waals surface area contributed by atoms with E-state index in [1.54, 1.807) is 23.9 Å². The number of non-ortho nitro benzene ring substituents is 1. The van der Waals surface area contributed by atoms with E-state index in [0.717, 1.165) is 16.6 Å². The minimum absolute atomic E-state index is 0.0106. The number of nitrogens with one attached hydrogen (secondary N) is 1. The second-order valence-corrected chi connectivity index (χ2v) is 6.95. The SMILES string of the molecule is CSc1ccc(Nc2nc(-c3cccc([N+](=O)[O-])c3)nc3ccccc23)cc1. The summed E-state index contributed by atoms with van der Waals surface area (Å²) < 4.78 is 0. The molecule has 3 aromatic carbocycles. The molecular weight excluding hydrogens is 372 g/mol. The van der Waals surface area contributed by atoms with Crippen LogP contribution in [0.2, 0.25) is 0 Å². The number of rotatable bonds is 5. The lowest BCUT2D eigenvalue weighted by molar-refractivity contribution is -0.384. The molecule has 0 unspecified atom stereocenters. The molecule has 0 saturated heterocycles. The lowest BCUT2D eigenvalue weighted by Crippen LogP contribution is -1.99. The van der Waals surface area contributed by atoms with Crippen molar-refractivity contribution in [2.75, 3.05) is 11.6 Å². The smallest absolute Gasteiger partial charge is 0.270 e. The van der Waals surface area contributed by atoms with Gasteiger partial charge in [0.2, 0.25) is 0 Å². The highest BCUT2D eigenvalue weighted by molar-refractivity contribution is 7.98. The van der Waals surface area contributed by atoms with E-state index in [4.69, 9.17) is 0 Å². The summed E-state index contributed by atoms with van der Waals surface area (Å²) >= 11 is 1.68. The summed E-state index contributed by atoms with van der Waals surface area (Å²) in [6.45, 7) is 0. The number of anilines is 2. The van der Waals surface area contributed by atoms with Gasteiger partial charge in [-0.15, -0.1) is 11.8 Å². The molecule has 0 aliphatic rings. The van der Waals surface area contributed by atoms with Gasteiger partial charge in [-0.25, -0.2) is 9.97 Å². The summed E-state index contributed by atoms with van der Waals surface area (Å²) in [5.74, 6) is 1.09. The molecule has 28 heavy (non-hydrogen) atoms. The van der Waals surface area contributed by atoms with Crippen molar-refractivity contribution in [2.45, 2.75) is 4.90 Å². The maximum absolute atomic E-state index is 11.1. The number of nitrogens with zero attached hydrogens (tertiary/aromatic N) is 3. The average molecular weight is 388 g/mol. The van der Waals surface area contributed by atoms with Gasteiger partial charge in [-0.2, -0.15) is 0 Å². The first-order chi connectivity index (χ1) is 13.6. The summed E-state index contributed by atoms with van der Waals surface area (Å²) in [7, 11) is 0. The molecule has 1 N–H and O–H groups in total. The lowest BCUT2D eigenvalue weighted by Gasteiger charge is -2.11. The largest absolute Gasteiger partial charge is 0.340 e. The van der Waals surface area contributed by atoms with Crippen molar-refractivity contribution < 1.29 is 4.92 Å². The maximum Gasteiger partial charge on any atom is 0.270 e. The minimum Gasteiger partial charge on any atom is -0.340 e. The first-order valence-electron chi connectivity index (χ1n) is 8.57. The molecule has 138 valence electrons. The summed E-state index contributed by atoms with van der Waals surface area (Å²) in [5.41, 5.74) is 2.28. The molecule has 0 saturated carbocycles. The third-order valence-corrected chi connectivity index (χ3v) is 5.01. The molecular formula is C21H16N4O2S. The van der Waals surface area contributed by atoms with Crippen molar-refractivity contribution in [3.05, 3.63) is 82.9 Å². The molecule has 0 aliphatic heterocycles. The molecule has 0 atom stereocenters. The highest BCUT2D eigenvalue weighted by Gasteiger charge is 2.13. The fourth-order valence-electron chi connectivity index (χ4n) is 2.87. The Morgan fingerprint density at radius 1 is 0.964 bits per heavy atom. The second kappa shape index (κ2) is 7.66. The van der Waals surface area contributed by atoms with Gasteiger partial charge in [-0.05, 0) is 42.7 Å². The predicted molar refractivity (Wildman–Crippen MR) is 113 cm³/mol. The molecule has 0 bridgehead atoms. The van der Waals surface area contributed by atoms with Crippen molar-refractivity contribution >= 4 is 39.9 Å². The molecule has 1 aromatic heterocycles. The third-order valence-electron chi connectivity index (χ3n) is 4.27. The standard InChI is InChI=1S/C21H16N4O2S/c1-28-17-11-9-15(10-12-17)22-21-18-7-2-3-8-19(18)23-20(24-21)14-5-4-6-16(13-14)25(26)27/h2-13H,1H3,(H,22,23,24). The van der Waals surface area contributed by atoms with Gasteiger partial charge in [0.25, 0.3) is 5.69 Å². The fourth-order valence-corrected chi connectivity index (χ4v) is 3.28. The van der Waals surface area contributed by atoms with E-state index < -0.39 is 4.92 Å². The van der Waals surface area contributed by atoms with Crippen LogP contribution in [-0.4, -0.2) is 21.1 Å². The highest BCUT2D eigenvalue weighted by Crippen LogP contribution is 2.29. The van der Waals surface area contributed by atoms with Gasteiger partial charge in [0.05, 0.1) is 10.4 Å². The van der Waals surface area contributed by atoms with Crippen LogP contribution in [0.3, 0.4) is 0 Å². The number of thioether (sulfide) groups is 1. The van der Waals surface area contributed by atoms with Gasteiger partial charge >= 0.3 is 0 Å². The van der Waals surface area contributed by atoms with Gasteiger partial charge in [0.15, 0.2) is 5.82 Å². The average Bonchev–Trinajstić information content (AvgIpc) is 2.74. The van der Waals surface area contributed by atoms with Crippen molar-refractivity contribution in [3.63, 3.8) is 0 Å². The molecule has 0 amide bonds. The van der Waals surface area contributed by atoms with Crippen molar-refractivity contribution in [1.82, 2.24) is 9.97 Å². The Balaban J connectivity index is 1.81. The van der Waals surface area contributed by atoms with E-state index in [-0.39, 0.29) is 5.69 Å². The van der Waals surface area contributed by atoms with Crippen molar-refractivity contribution in [3.8, 4) is 11.4 Å². The third kappa shape index (κ3) is 3.65. The van der Waals surface area contributed by atoms with Gasteiger partial charge < -0.3 is 5.32 Å². The molecule has 4 aromatic rings. The Bertz CT molecular complexity index is 1160. The predicted octanol–water partition coefficient (Wildman–Crippen LogP) is 5.67. The summed E-state index contributed by atoms with van der Waals surface area (Å²) in [6.07, 6.45) is 2.03. The first-order valence-corrected chi connectivity index (χ1v) is 9.79. The number of hydrogen-bond donors (Lipinski definition) is 1. The monoisotopic (exact) mass is 388 g/mol. The number of benzene rings is 3. The zero-order valence-corrected chi connectivity index (χ0v) is 15.8. The molecule has 0 radical (unpaired) electrons. The van der Waals surface area contributed by atoms with E-state index in [1.807, 2.05) is 54.8 Å². The zero-order valence-electron chi connectivity index (χ0n) is 15.0. The molecule has 1 heterocycles. The maximum atomic E-state index is 11.1. The van der Waals surface area contributed by atoms with Crippen LogP contribution in [0.4, 0.5) is 17.2 Å². The van der Waals surface area contributed by atoms with Crippen LogP contribution in [0.1, 0.15) is 0 Å². The Morgan fingerprint density at radius 3 is 2.50 bits per heavy atom. The van der Waals surface area contributed by atoms with Gasteiger partial charge in [-0.1, -0.05) is 24.3 Å². The Hall–Kier alpha value is -3.45. The van der Waals surface area contributed by atoms with Crippen LogP contribution < -0.4 is 5.32 Å². The summed E-state index contributed by atoms with van der Waals surface area (Å²) in [4.78, 5) is 21.1. The van der Waals surface area contributed by atoms with Gasteiger partial charge in [-0.3, -0.25) is 10.1 Å². The van der Waals surface area contributed by atoms with E-state index >= 15 is 0 Å². The number of para-hydroxylation sites is 1. The fraction of sp³-hybridized carbons (Fsp3) is 0.0476. The highest BCUT2D eigenvalue weighted by atomic mass is 32.2. The molecule has 6 nitrogen and oxygen atoms in total. The van der Waals surface area contributed by atoms with Crippen LogP contribution in [0, 0.1) is 10.1 Å². The molecule has 4 rings (SSSR count). The van der Waals surface area contributed by atoms with Crippen molar-refractivity contribution in [1.29, 1.82) is 0 Å².